The Morgan fingerprint density at radius 2 is 0.654 bits per heavy atom. The number of unbranched alkanes of at least 4 members (excludes halogenated alkanes) is 12. The number of carbonyl (C=O) groups excluding carboxylic acids is 2. The molecule has 0 aliphatic heterocycles. The number of phenols is 3. The minimum Gasteiger partial charge on any atom is -0.507 e. The van der Waals surface area contributed by atoms with Crippen LogP contribution in [0.25, 0.3) is 0 Å². The molecule has 1 atom stereocenters. The number of rotatable bonds is 27. The number of aryl methyl sites for hydroxylation is 2. The average molecular weight is 1090 g/mol. The Morgan fingerprint density at radius 3 is 0.910 bits per heavy atom. The van der Waals surface area contributed by atoms with Gasteiger partial charge in [0.2, 0.25) is 0 Å². The van der Waals surface area contributed by atoms with Gasteiger partial charge in [0, 0.05) is 12.8 Å². The lowest BCUT2D eigenvalue weighted by molar-refractivity contribution is -0.146. The Kier molecular flexibility index (Phi) is 27.6. The summed E-state index contributed by atoms with van der Waals surface area (Å²) in [6.45, 7) is 40.3. The van der Waals surface area contributed by atoms with Gasteiger partial charge in [-0.15, -0.1) is 0 Å². The fraction of sp³-hybridized carbons (Fsp3) is 0.696. The van der Waals surface area contributed by atoms with E-state index in [1.807, 2.05) is 36.4 Å². The second-order valence-electron chi connectivity index (χ2n) is 28.7. The van der Waals surface area contributed by atoms with Gasteiger partial charge in [0.1, 0.15) is 17.2 Å². The first kappa shape index (κ1) is 69.6. The molecular formula is C69H112O9. The molecule has 0 aliphatic carbocycles. The van der Waals surface area contributed by atoms with Crippen LogP contribution in [0.15, 0.2) is 36.4 Å². The molecule has 0 bridgehead atoms. The highest BCUT2D eigenvalue weighted by atomic mass is 16.5. The highest BCUT2D eigenvalue weighted by Crippen LogP contribution is 2.43. The van der Waals surface area contributed by atoms with E-state index < -0.39 is 5.97 Å². The van der Waals surface area contributed by atoms with Crippen LogP contribution < -0.4 is 0 Å². The van der Waals surface area contributed by atoms with E-state index in [1.165, 1.54) is 64.2 Å². The van der Waals surface area contributed by atoms with Crippen LogP contribution in [0.1, 0.15) is 291 Å². The molecule has 3 aromatic carbocycles. The van der Waals surface area contributed by atoms with Crippen molar-refractivity contribution in [3.63, 3.8) is 0 Å². The van der Waals surface area contributed by atoms with Gasteiger partial charge in [-0.1, -0.05) is 245 Å². The van der Waals surface area contributed by atoms with E-state index in [-0.39, 0.29) is 76.4 Å². The van der Waals surface area contributed by atoms with Crippen molar-refractivity contribution in [1.29, 1.82) is 0 Å². The topological polar surface area (TPSA) is 151 Å². The molecule has 4 N–H and O–H groups in total. The third kappa shape index (κ3) is 24.5. The summed E-state index contributed by atoms with van der Waals surface area (Å²) < 4.78 is 10.9. The van der Waals surface area contributed by atoms with E-state index in [0.29, 0.717) is 49.4 Å². The van der Waals surface area contributed by atoms with Gasteiger partial charge in [-0.25, -0.2) is 0 Å². The summed E-state index contributed by atoms with van der Waals surface area (Å²) in [6.07, 6.45) is 19.5. The van der Waals surface area contributed by atoms with E-state index in [9.17, 15) is 34.8 Å². The van der Waals surface area contributed by atoms with Crippen LogP contribution in [0.5, 0.6) is 17.2 Å². The highest BCUT2D eigenvalue weighted by molar-refractivity contribution is 5.71. The molecule has 3 aromatic rings. The van der Waals surface area contributed by atoms with E-state index in [1.54, 1.807) is 0 Å². The van der Waals surface area contributed by atoms with E-state index in [0.717, 1.165) is 69.3 Å². The third-order valence-electron chi connectivity index (χ3n) is 14.9. The number of aromatic hydroxyl groups is 3. The first-order chi connectivity index (χ1) is 35.9. The largest absolute Gasteiger partial charge is 0.507 e. The molecule has 0 saturated heterocycles. The summed E-state index contributed by atoms with van der Waals surface area (Å²) in [5, 5.41) is 42.6. The van der Waals surface area contributed by atoms with Crippen molar-refractivity contribution >= 4 is 17.9 Å². The zero-order valence-corrected chi connectivity index (χ0v) is 52.9. The number of benzene rings is 3. The van der Waals surface area contributed by atoms with E-state index in [2.05, 4.69) is 132 Å². The summed E-state index contributed by atoms with van der Waals surface area (Å²) in [5.41, 5.74) is 7.12. The van der Waals surface area contributed by atoms with Gasteiger partial charge in [0.25, 0.3) is 0 Å². The highest BCUT2D eigenvalue weighted by Gasteiger charge is 2.30. The van der Waals surface area contributed by atoms with Crippen LogP contribution >= 0.6 is 0 Å². The maximum atomic E-state index is 12.4. The number of esters is 2. The van der Waals surface area contributed by atoms with Crippen molar-refractivity contribution in [2.45, 2.75) is 292 Å². The second-order valence-corrected chi connectivity index (χ2v) is 28.7. The van der Waals surface area contributed by atoms with Crippen LogP contribution in [0.4, 0.5) is 0 Å². The van der Waals surface area contributed by atoms with Crippen molar-refractivity contribution in [2.24, 2.45) is 5.92 Å². The molecule has 442 valence electrons. The number of hydrogen-bond donors (Lipinski definition) is 4. The van der Waals surface area contributed by atoms with Crippen LogP contribution in [-0.2, 0) is 75.6 Å². The molecule has 0 aliphatic rings. The minimum absolute atomic E-state index is 0.200. The summed E-state index contributed by atoms with van der Waals surface area (Å²) in [6, 6.07) is 12.1. The number of aliphatic carboxylic acids is 1. The van der Waals surface area contributed by atoms with Gasteiger partial charge in [0.05, 0.1) is 19.1 Å². The molecule has 78 heavy (non-hydrogen) atoms. The second kappa shape index (κ2) is 30.9. The summed E-state index contributed by atoms with van der Waals surface area (Å²) in [5.74, 6) is -0.565. The molecule has 0 radical (unpaired) electrons. The molecule has 0 aromatic heterocycles. The van der Waals surface area contributed by atoms with Gasteiger partial charge in [-0.2, -0.15) is 0 Å². The maximum absolute atomic E-state index is 12.4. The van der Waals surface area contributed by atoms with E-state index >= 15 is 0 Å². The number of carbonyl (C=O) groups is 3. The number of carboxylic acid groups (broad SMARTS) is 1. The van der Waals surface area contributed by atoms with E-state index in [4.69, 9.17) is 9.47 Å². The number of ether oxygens (including phenoxy) is 2. The molecule has 0 amide bonds. The number of carboxylic acids is 1. The lowest BCUT2D eigenvalue weighted by Crippen LogP contribution is -2.20. The lowest BCUT2D eigenvalue weighted by atomic mass is 9.77. The lowest BCUT2D eigenvalue weighted by Gasteiger charge is -2.28. The zero-order valence-electron chi connectivity index (χ0n) is 52.9. The maximum Gasteiger partial charge on any atom is 0.306 e. The number of hydrogen-bond acceptors (Lipinski definition) is 8. The quantitative estimate of drug-likeness (QED) is 0.0432. The van der Waals surface area contributed by atoms with Crippen molar-refractivity contribution in [3.05, 3.63) is 86.5 Å². The Labute approximate surface area is 475 Å². The first-order valence-corrected chi connectivity index (χ1v) is 30.0. The van der Waals surface area contributed by atoms with Crippen LogP contribution in [0, 0.1) is 5.92 Å². The fourth-order valence-electron chi connectivity index (χ4n) is 9.96. The standard InChI is InChI=1S/C38H58O6.C31H54O3/c1-35(2,3)27-21-25(22-28(33(27)41)36(4,5)6)15-17-31(39)43-19-13-14-20-44-32(40)18-16-26-23-29(37(7,8)9)34(42)30(24-26)38(10,11)12;1-8-9-10-11-12-13-14-15-16-17-18-19-20-25(29(33)34)21-24-22-26(30(2,3)4)28(32)27(23-24)31(5,6)7/h21-24,41-42H,13-20H2,1-12H3;22-23,25,32H,8-21H2,1-7H3,(H,33,34). The molecule has 0 fully saturated rings. The fourth-order valence-corrected chi connectivity index (χ4v) is 9.96. The van der Waals surface area contributed by atoms with Gasteiger partial charge in [-0.3, -0.25) is 14.4 Å². The average Bonchev–Trinajstić information content (AvgIpc) is 3.30. The van der Waals surface area contributed by atoms with Gasteiger partial charge in [-0.05, 0) is 121 Å². The minimum atomic E-state index is -0.703. The summed E-state index contributed by atoms with van der Waals surface area (Å²) >= 11 is 0. The Hall–Kier alpha value is -4.53. The number of phenolic OH excluding ortho intramolecular Hbond substituents is 3. The van der Waals surface area contributed by atoms with Gasteiger partial charge in [0.15, 0.2) is 0 Å². The predicted molar refractivity (Wildman–Crippen MR) is 325 cm³/mol. The molecule has 0 saturated carbocycles. The summed E-state index contributed by atoms with van der Waals surface area (Å²) in [7, 11) is 0. The first-order valence-electron chi connectivity index (χ1n) is 30.0. The van der Waals surface area contributed by atoms with Crippen molar-refractivity contribution in [2.75, 3.05) is 13.2 Å². The molecule has 0 heterocycles. The molecular weight excluding hydrogens is 973 g/mol. The van der Waals surface area contributed by atoms with Crippen molar-refractivity contribution in [3.8, 4) is 17.2 Å². The Morgan fingerprint density at radius 1 is 0.397 bits per heavy atom. The monoisotopic (exact) mass is 1080 g/mol. The molecule has 0 spiro atoms. The third-order valence-corrected chi connectivity index (χ3v) is 14.9. The predicted octanol–water partition coefficient (Wildman–Crippen LogP) is 18.0. The molecule has 9 heteroatoms. The SMILES string of the molecule is CC(C)(C)c1cc(CCC(=O)OCCCCOC(=O)CCc2cc(C(C)(C)C)c(O)c(C(C)(C)C)c2)cc(C(C)(C)C)c1O.CCCCCCCCCCCCCCC(Cc1cc(C(C)(C)C)c(O)c(C(C)(C)C)c1)C(=O)O. The van der Waals surface area contributed by atoms with Crippen molar-refractivity contribution in [1.82, 2.24) is 0 Å². The zero-order chi connectivity index (χ0) is 59.5. The summed E-state index contributed by atoms with van der Waals surface area (Å²) in [4.78, 5) is 36.9. The van der Waals surface area contributed by atoms with Crippen LogP contribution in [0.2, 0.25) is 0 Å². The van der Waals surface area contributed by atoms with Crippen molar-refractivity contribution < 1.29 is 44.3 Å². The molecule has 1 unspecified atom stereocenters. The van der Waals surface area contributed by atoms with Gasteiger partial charge >= 0.3 is 17.9 Å². The Balaban J connectivity index is 0.000000552. The molecule has 9 nitrogen and oxygen atoms in total. The Bertz CT molecular complexity index is 2120. The smallest absolute Gasteiger partial charge is 0.306 e. The normalized spacial score (nSPS) is 13.0. The van der Waals surface area contributed by atoms with Crippen LogP contribution in [0.3, 0.4) is 0 Å². The van der Waals surface area contributed by atoms with Gasteiger partial charge < -0.3 is 29.9 Å². The van der Waals surface area contributed by atoms with Crippen LogP contribution in [-0.4, -0.2) is 51.5 Å². The molecule has 3 rings (SSSR count).